The van der Waals surface area contributed by atoms with Crippen molar-refractivity contribution in [3.8, 4) is 0 Å². The van der Waals surface area contributed by atoms with Gasteiger partial charge in [0.2, 0.25) is 5.89 Å². The standard InChI is InChI=1S/C15H17Cl2N3O.ClH/c1-8(18-2)5-14-19-15(21-20-14)12-7-11(12)10-4-3-9(16)6-13(10)17;/h3-4,6,8,11-12,18H,5,7H2,1-2H3;1H. The van der Waals surface area contributed by atoms with E-state index in [1.807, 2.05) is 19.2 Å². The molecule has 120 valence electrons. The van der Waals surface area contributed by atoms with Crippen molar-refractivity contribution in [2.24, 2.45) is 0 Å². The maximum Gasteiger partial charge on any atom is 0.230 e. The van der Waals surface area contributed by atoms with Crippen molar-refractivity contribution < 1.29 is 4.52 Å². The first-order valence-corrected chi connectivity index (χ1v) is 7.78. The van der Waals surface area contributed by atoms with Gasteiger partial charge in [0.1, 0.15) is 0 Å². The van der Waals surface area contributed by atoms with Crippen molar-refractivity contribution in [3.05, 3.63) is 45.5 Å². The van der Waals surface area contributed by atoms with Gasteiger partial charge in [0.25, 0.3) is 0 Å². The first kappa shape index (κ1) is 17.5. The van der Waals surface area contributed by atoms with E-state index in [4.69, 9.17) is 27.7 Å². The molecule has 0 aliphatic heterocycles. The van der Waals surface area contributed by atoms with E-state index in [9.17, 15) is 0 Å². The van der Waals surface area contributed by atoms with E-state index in [1.54, 1.807) is 6.07 Å². The van der Waals surface area contributed by atoms with Crippen LogP contribution in [-0.4, -0.2) is 23.2 Å². The summed E-state index contributed by atoms with van der Waals surface area (Å²) in [5.74, 6) is 2.09. The molecule has 0 amide bonds. The molecule has 0 radical (unpaired) electrons. The molecular weight excluding hydrogens is 345 g/mol. The van der Waals surface area contributed by atoms with Gasteiger partial charge in [-0.15, -0.1) is 12.4 Å². The molecule has 3 atom stereocenters. The minimum absolute atomic E-state index is 0. The van der Waals surface area contributed by atoms with Gasteiger partial charge in [0.05, 0.1) is 0 Å². The molecule has 0 saturated heterocycles. The fourth-order valence-corrected chi connectivity index (χ4v) is 3.04. The van der Waals surface area contributed by atoms with Crippen LogP contribution in [0.15, 0.2) is 22.7 Å². The number of aromatic nitrogens is 2. The molecule has 1 aliphatic rings. The Bertz CT molecular complexity index is 647. The van der Waals surface area contributed by atoms with Crippen molar-refractivity contribution >= 4 is 35.6 Å². The van der Waals surface area contributed by atoms with Gasteiger partial charge in [0.15, 0.2) is 5.82 Å². The van der Waals surface area contributed by atoms with Crippen molar-refractivity contribution in [1.29, 1.82) is 0 Å². The van der Waals surface area contributed by atoms with Crippen LogP contribution >= 0.6 is 35.6 Å². The Morgan fingerprint density at radius 3 is 2.82 bits per heavy atom. The van der Waals surface area contributed by atoms with E-state index < -0.39 is 0 Å². The highest BCUT2D eigenvalue weighted by Crippen LogP contribution is 2.55. The summed E-state index contributed by atoms with van der Waals surface area (Å²) in [6, 6.07) is 5.96. The Balaban J connectivity index is 0.00000176. The summed E-state index contributed by atoms with van der Waals surface area (Å²) < 4.78 is 5.39. The highest BCUT2D eigenvalue weighted by molar-refractivity contribution is 6.35. The zero-order valence-electron chi connectivity index (χ0n) is 12.3. The van der Waals surface area contributed by atoms with Crippen LogP contribution in [-0.2, 0) is 6.42 Å². The van der Waals surface area contributed by atoms with Gasteiger partial charge in [-0.25, -0.2) is 0 Å². The number of likely N-dealkylation sites (N-methyl/N-ethyl adjacent to an activating group) is 1. The molecular formula is C15H18Cl3N3O. The van der Waals surface area contributed by atoms with Crippen LogP contribution < -0.4 is 5.32 Å². The highest BCUT2D eigenvalue weighted by Gasteiger charge is 2.44. The quantitative estimate of drug-likeness (QED) is 0.865. The Morgan fingerprint density at radius 2 is 2.14 bits per heavy atom. The molecule has 0 bridgehead atoms. The van der Waals surface area contributed by atoms with Crippen LogP contribution in [0.1, 0.15) is 42.5 Å². The molecule has 3 rings (SSSR count). The number of hydrogen-bond donors (Lipinski definition) is 1. The molecule has 2 aromatic rings. The topological polar surface area (TPSA) is 51.0 Å². The Hall–Kier alpha value is -0.810. The third-order valence-electron chi connectivity index (χ3n) is 3.93. The van der Waals surface area contributed by atoms with Crippen LogP contribution in [0.3, 0.4) is 0 Å². The average molecular weight is 363 g/mol. The summed E-state index contributed by atoms with van der Waals surface area (Å²) in [5.41, 5.74) is 1.11. The van der Waals surface area contributed by atoms with E-state index in [-0.39, 0.29) is 18.3 Å². The number of halogens is 3. The summed E-state index contributed by atoms with van der Waals surface area (Å²) in [7, 11) is 1.92. The summed E-state index contributed by atoms with van der Waals surface area (Å²) in [6.45, 7) is 2.09. The first-order valence-electron chi connectivity index (χ1n) is 7.03. The number of benzene rings is 1. The van der Waals surface area contributed by atoms with Gasteiger partial charge in [-0.05, 0) is 44.0 Å². The predicted molar refractivity (Wildman–Crippen MR) is 90.3 cm³/mol. The second-order valence-electron chi connectivity index (χ2n) is 5.56. The summed E-state index contributed by atoms with van der Waals surface area (Å²) in [6.07, 6.45) is 1.75. The third kappa shape index (κ3) is 3.74. The summed E-state index contributed by atoms with van der Waals surface area (Å²) >= 11 is 12.2. The lowest BCUT2D eigenvalue weighted by atomic mass is 10.1. The lowest BCUT2D eigenvalue weighted by Crippen LogP contribution is -2.24. The maximum absolute atomic E-state index is 6.25. The number of rotatable bonds is 5. The smallest absolute Gasteiger partial charge is 0.230 e. The highest BCUT2D eigenvalue weighted by atomic mass is 35.5. The van der Waals surface area contributed by atoms with Gasteiger partial charge >= 0.3 is 0 Å². The first-order chi connectivity index (χ1) is 10.1. The molecule has 1 saturated carbocycles. The molecule has 4 nitrogen and oxygen atoms in total. The molecule has 1 aromatic carbocycles. The molecule has 0 spiro atoms. The molecule has 1 N–H and O–H groups in total. The average Bonchev–Trinajstić information content (AvgIpc) is 3.10. The molecule has 7 heteroatoms. The lowest BCUT2D eigenvalue weighted by molar-refractivity contribution is 0.371. The van der Waals surface area contributed by atoms with Gasteiger partial charge in [-0.1, -0.05) is 34.4 Å². The largest absolute Gasteiger partial charge is 0.339 e. The molecule has 1 aromatic heterocycles. The minimum Gasteiger partial charge on any atom is -0.339 e. The second-order valence-corrected chi connectivity index (χ2v) is 6.40. The molecule has 22 heavy (non-hydrogen) atoms. The Morgan fingerprint density at radius 1 is 1.36 bits per heavy atom. The molecule has 1 aliphatic carbocycles. The van der Waals surface area contributed by atoms with Crippen molar-refractivity contribution in [2.45, 2.75) is 37.6 Å². The van der Waals surface area contributed by atoms with Crippen molar-refractivity contribution in [1.82, 2.24) is 15.5 Å². The SMILES string of the molecule is CNC(C)Cc1noc(C2CC2c2ccc(Cl)cc2Cl)n1.Cl. The number of nitrogens with zero attached hydrogens (tertiary/aromatic N) is 2. The fourth-order valence-electron chi connectivity index (χ4n) is 2.49. The van der Waals surface area contributed by atoms with Crippen molar-refractivity contribution in [3.63, 3.8) is 0 Å². The van der Waals surface area contributed by atoms with Crippen LogP contribution in [0.2, 0.25) is 10.0 Å². The van der Waals surface area contributed by atoms with Gasteiger partial charge in [0, 0.05) is 28.4 Å². The minimum atomic E-state index is 0. The monoisotopic (exact) mass is 361 g/mol. The van der Waals surface area contributed by atoms with Gasteiger partial charge in [-0.3, -0.25) is 0 Å². The lowest BCUT2D eigenvalue weighted by Gasteiger charge is -2.04. The van der Waals surface area contributed by atoms with Crippen LogP contribution in [0, 0.1) is 0 Å². The Kier molecular flexibility index (Phi) is 5.72. The van der Waals surface area contributed by atoms with E-state index in [1.165, 1.54) is 0 Å². The number of nitrogens with one attached hydrogen (secondary N) is 1. The zero-order chi connectivity index (χ0) is 15.0. The van der Waals surface area contributed by atoms with Crippen LogP contribution in [0.4, 0.5) is 0 Å². The predicted octanol–water partition coefficient (Wildman–Crippen LogP) is 4.22. The fraction of sp³-hybridized carbons (Fsp3) is 0.467. The van der Waals surface area contributed by atoms with E-state index in [0.717, 1.165) is 24.2 Å². The molecule has 3 unspecified atom stereocenters. The number of hydrogen-bond acceptors (Lipinski definition) is 4. The van der Waals surface area contributed by atoms with Crippen LogP contribution in [0.5, 0.6) is 0 Å². The van der Waals surface area contributed by atoms with E-state index in [2.05, 4.69) is 22.4 Å². The van der Waals surface area contributed by atoms with Crippen molar-refractivity contribution in [2.75, 3.05) is 7.05 Å². The van der Waals surface area contributed by atoms with Gasteiger partial charge in [-0.2, -0.15) is 4.98 Å². The van der Waals surface area contributed by atoms with E-state index in [0.29, 0.717) is 27.9 Å². The second kappa shape index (κ2) is 7.18. The summed E-state index contributed by atoms with van der Waals surface area (Å²) in [4.78, 5) is 4.50. The van der Waals surface area contributed by atoms with E-state index >= 15 is 0 Å². The normalized spacial score (nSPS) is 21.3. The zero-order valence-corrected chi connectivity index (χ0v) is 14.7. The van der Waals surface area contributed by atoms with Gasteiger partial charge < -0.3 is 9.84 Å². The Labute approximate surface area is 146 Å². The van der Waals surface area contributed by atoms with Crippen LogP contribution in [0.25, 0.3) is 0 Å². The molecule has 1 fully saturated rings. The third-order valence-corrected chi connectivity index (χ3v) is 4.50. The summed E-state index contributed by atoms with van der Waals surface area (Å²) in [5, 5.41) is 8.57. The maximum atomic E-state index is 6.25. The molecule has 1 heterocycles.